The standard InChI is InChI=1S/C32H31ClFN3O4S/c1-23-10-9-13-25(18-23)21-36(30(32(39)35-2)19-24-11-5-3-6-12-24)31(38)22-37(26-16-17-29(34)28(33)20-26)42(40,41)27-14-7-4-8-15-27/h3-18,20,30H,19,21-22H2,1-2H3,(H,35,39)/t30-/m0/s1. The second-order valence-electron chi connectivity index (χ2n) is 9.75. The Morgan fingerprint density at radius 1 is 0.881 bits per heavy atom. The molecule has 2 amide bonds. The largest absolute Gasteiger partial charge is 0.357 e. The summed E-state index contributed by atoms with van der Waals surface area (Å²) in [7, 11) is -2.81. The molecule has 1 N–H and O–H groups in total. The zero-order chi connectivity index (χ0) is 30.3. The lowest BCUT2D eigenvalue weighted by molar-refractivity contribution is -0.139. The highest BCUT2D eigenvalue weighted by Crippen LogP contribution is 2.28. The van der Waals surface area contributed by atoms with Gasteiger partial charge in [-0.3, -0.25) is 13.9 Å². The zero-order valence-corrected chi connectivity index (χ0v) is 24.8. The summed E-state index contributed by atoms with van der Waals surface area (Å²) in [6, 6.07) is 26.9. The quantitative estimate of drug-likeness (QED) is 0.248. The fourth-order valence-electron chi connectivity index (χ4n) is 4.62. The number of hydrogen-bond donors (Lipinski definition) is 1. The maximum atomic E-state index is 14.2. The first-order valence-electron chi connectivity index (χ1n) is 13.2. The van der Waals surface area contributed by atoms with E-state index >= 15 is 0 Å². The van der Waals surface area contributed by atoms with Crippen LogP contribution >= 0.6 is 11.6 Å². The van der Waals surface area contributed by atoms with Crippen LogP contribution in [0.2, 0.25) is 5.02 Å². The highest BCUT2D eigenvalue weighted by Gasteiger charge is 2.34. The van der Waals surface area contributed by atoms with Gasteiger partial charge >= 0.3 is 0 Å². The Bertz CT molecular complexity index is 1650. The minimum absolute atomic E-state index is 0.00802. The molecule has 0 bridgehead atoms. The topological polar surface area (TPSA) is 86.8 Å². The number of aryl methyl sites for hydroxylation is 1. The number of sulfonamides is 1. The third-order valence-corrected chi connectivity index (χ3v) is 8.83. The van der Waals surface area contributed by atoms with Crippen molar-refractivity contribution in [1.82, 2.24) is 10.2 Å². The summed E-state index contributed by atoms with van der Waals surface area (Å²) >= 11 is 6.03. The number of benzene rings is 4. The first-order chi connectivity index (χ1) is 20.1. The van der Waals surface area contributed by atoms with Gasteiger partial charge in [-0.1, -0.05) is 90.0 Å². The van der Waals surface area contributed by atoms with Gasteiger partial charge in [-0.25, -0.2) is 12.8 Å². The normalized spacial score (nSPS) is 11.9. The molecule has 0 fully saturated rings. The molecular formula is C32H31ClFN3O4S. The van der Waals surface area contributed by atoms with E-state index in [1.165, 1.54) is 30.1 Å². The molecule has 0 radical (unpaired) electrons. The number of nitrogens with zero attached hydrogens (tertiary/aromatic N) is 2. The summed E-state index contributed by atoms with van der Waals surface area (Å²) in [6.07, 6.45) is 0.200. The molecule has 0 aliphatic heterocycles. The van der Waals surface area contributed by atoms with Crippen molar-refractivity contribution in [3.05, 3.63) is 131 Å². The Hall–Kier alpha value is -4.21. The van der Waals surface area contributed by atoms with Gasteiger partial charge in [0.15, 0.2) is 0 Å². The average Bonchev–Trinajstić information content (AvgIpc) is 2.99. The lowest BCUT2D eigenvalue weighted by atomic mass is 10.0. The predicted molar refractivity (Wildman–Crippen MR) is 162 cm³/mol. The fourth-order valence-corrected chi connectivity index (χ4v) is 6.22. The summed E-state index contributed by atoms with van der Waals surface area (Å²) in [5.74, 6) is -1.75. The van der Waals surface area contributed by atoms with Gasteiger partial charge in [0.05, 0.1) is 15.6 Å². The molecule has 0 heterocycles. The zero-order valence-electron chi connectivity index (χ0n) is 23.2. The summed E-state index contributed by atoms with van der Waals surface area (Å²) < 4.78 is 42.7. The first kappa shape index (κ1) is 30.7. The maximum Gasteiger partial charge on any atom is 0.264 e. The molecule has 7 nitrogen and oxygen atoms in total. The molecule has 4 rings (SSSR count). The smallest absolute Gasteiger partial charge is 0.264 e. The number of rotatable bonds is 11. The predicted octanol–water partition coefficient (Wildman–Crippen LogP) is 5.37. The summed E-state index contributed by atoms with van der Waals surface area (Å²) in [6.45, 7) is 1.31. The Morgan fingerprint density at radius 3 is 2.14 bits per heavy atom. The van der Waals surface area contributed by atoms with Crippen molar-refractivity contribution >= 4 is 39.1 Å². The number of hydrogen-bond acceptors (Lipinski definition) is 4. The summed E-state index contributed by atoms with van der Waals surface area (Å²) in [4.78, 5) is 28.8. The van der Waals surface area contributed by atoms with Gasteiger partial charge < -0.3 is 10.2 Å². The number of carbonyl (C=O) groups excluding carboxylic acids is 2. The molecule has 0 aromatic heterocycles. The number of halogens is 2. The maximum absolute atomic E-state index is 14.2. The SMILES string of the molecule is CNC(=O)[C@H](Cc1ccccc1)N(Cc1cccc(C)c1)C(=O)CN(c1ccc(F)c(Cl)c1)S(=O)(=O)c1ccccc1. The lowest BCUT2D eigenvalue weighted by Crippen LogP contribution is -2.53. The third-order valence-electron chi connectivity index (χ3n) is 6.75. The van der Waals surface area contributed by atoms with Crippen LogP contribution in [-0.4, -0.2) is 44.8 Å². The molecule has 0 spiro atoms. The molecular weight excluding hydrogens is 577 g/mol. The van der Waals surface area contributed by atoms with E-state index in [4.69, 9.17) is 11.6 Å². The van der Waals surface area contributed by atoms with Gasteiger partial charge in [0.2, 0.25) is 11.8 Å². The molecule has 4 aromatic rings. The van der Waals surface area contributed by atoms with Crippen LogP contribution in [-0.2, 0) is 32.6 Å². The van der Waals surface area contributed by atoms with Gasteiger partial charge in [0, 0.05) is 20.0 Å². The van der Waals surface area contributed by atoms with Crippen LogP contribution < -0.4 is 9.62 Å². The molecule has 1 atom stereocenters. The van der Waals surface area contributed by atoms with Crippen molar-refractivity contribution in [3.63, 3.8) is 0 Å². The molecule has 10 heteroatoms. The third kappa shape index (κ3) is 7.35. The highest BCUT2D eigenvalue weighted by atomic mass is 35.5. The second kappa shape index (κ2) is 13.6. The van der Waals surface area contributed by atoms with E-state index in [0.29, 0.717) is 0 Å². The van der Waals surface area contributed by atoms with Crippen LogP contribution in [0.1, 0.15) is 16.7 Å². The number of nitrogens with one attached hydrogen (secondary N) is 1. The van der Waals surface area contributed by atoms with E-state index in [-0.39, 0.29) is 28.6 Å². The van der Waals surface area contributed by atoms with E-state index < -0.39 is 40.2 Å². The average molecular weight is 608 g/mol. The van der Waals surface area contributed by atoms with E-state index in [9.17, 15) is 22.4 Å². The van der Waals surface area contributed by atoms with Crippen molar-refractivity contribution in [1.29, 1.82) is 0 Å². The van der Waals surface area contributed by atoms with Gasteiger partial charge in [0.1, 0.15) is 18.4 Å². The molecule has 4 aromatic carbocycles. The molecule has 0 aliphatic carbocycles. The van der Waals surface area contributed by atoms with Crippen LogP contribution in [0.4, 0.5) is 10.1 Å². The van der Waals surface area contributed by atoms with Crippen molar-refractivity contribution in [2.75, 3.05) is 17.9 Å². The van der Waals surface area contributed by atoms with Crippen LogP contribution in [0.3, 0.4) is 0 Å². The minimum Gasteiger partial charge on any atom is -0.357 e. The number of amides is 2. The van der Waals surface area contributed by atoms with Crippen molar-refractivity contribution in [2.24, 2.45) is 0 Å². The monoisotopic (exact) mass is 607 g/mol. The minimum atomic E-state index is -4.30. The van der Waals surface area contributed by atoms with Crippen molar-refractivity contribution in [2.45, 2.75) is 30.8 Å². The van der Waals surface area contributed by atoms with E-state index in [1.54, 1.807) is 18.2 Å². The van der Waals surface area contributed by atoms with Crippen LogP contribution in [0.15, 0.2) is 108 Å². The molecule has 0 aliphatic rings. The molecule has 218 valence electrons. The Labute approximate surface area is 250 Å². The molecule has 0 saturated heterocycles. The van der Waals surface area contributed by atoms with E-state index in [0.717, 1.165) is 33.1 Å². The fraction of sp³-hybridized carbons (Fsp3) is 0.188. The van der Waals surface area contributed by atoms with Gasteiger partial charge in [-0.15, -0.1) is 0 Å². The molecule has 0 saturated carbocycles. The Kier molecular flexibility index (Phi) is 9.98. The van der Waals surface area contributed by atoms with Gasteiger partial charge in [-0.05, 0) is 48.4 Å². The van der Waals surface area contributed by atoms with Gasteiger partial charge in [-0.2, -0.15) is 0 Å². The summed E-state index contributed by atoms with van der Waals surface area (Å²) in [5, 5.41) is 2.35. The molecule has 42 heavy (non-hydrogen) atoms. The van der Waals surface area contributed by atoms with Crippen LogP contribution in [0, 0.1) is 12.7 Å². The van der Waals surface area contributed by atoms with Gasteiger partial charge in [0.25, 0.3) is 10.0 Å². The van der Waals surface area contributed by atoms with E-state index in [2.05, 4.69) is 5.32 Å². The number of carbonyl (C=O) groups is 2. The highest BCUT2D eigenvalue weighted by molar-refractivity contribution is 7.92. The van der Waals surface area contributed by atoms with Crippen molar-refractivity contribution < 1.29 is 22.4 Å². The molecule has 0 unspecified atom stereocenters. The first-order valence-corrected chi connectivity index (χ1v) is 15.1. The lowest BCUT2D eigenvalue weighted by Gasteiger charge is -2.33. The number of anilines is 1. The van der Waals surface area contributed by atoms with Crippen LogP contribution in [0.5, 0.6) is 0 Å². The Morgan fingerprint density at radius 2 is 1.52 bits per heavy atom. The van der Waals surface area contributed by atoms with Crippen LogP contribution in [0.25, 0.3) is 0 Å². The number of likely N-dealkylation sites (N-methyl/N-ethyl adjacent to an activating group) is 1. The van der Waals surface area contributed by atoms with Crippen molar-refractivity contribution in [3.8, 4) is 0 Å². The second-order valence-corrected chi connectivity index (χ2v) is 12.0. The summed E-state index contributed by atoms with van der Waals surface area (Å²) in [5.41, 5.74) is 2.57. The van der Waals surface area contributed by atoms with E-state index in [1.807, 2.05) is 61.5 Å². The Balaban J connectivity index is 1.80.